The molecule has 0 amide bonds. The third-order valence-electron chi connectivity index (χ3n) is 20.0. The van der Waals surface area contributed by atoms with E-state index in [1.165, 1.54) is 0 Å². The maximum atomic E-state index is 12.0. The molecule has 23 nitrogen and oxygen atoms in total. The summed E-state index contributed by atoms with van der Waals surface area (Å²) in [5.41, 5.74) is -0.0565. The Bertz CT molecular complexity index is 1860. The molecule has 4 saturated carbocycles. The normalized spacial score (nSPS) is 58.2. The monoisotopic (exact) mass is 1050 g/mol. The fourth-order valence-corrected chi connectivity index (χ4v) is 15.9. The van der Waals surface area contributed by atoms with Gasteiger partial charge in [-0.3, -0.25) is 0 Å². The summed E-state index contributed by atoms with van der Waals surface area (Å²) >= 11 is 0. The van der Waals surface area contributed by atoms with Gasteiger partial charge in [0.05, 0.1) is 51.3 Å². The first kappa shape index (κ1) is 55.4. The summed E-state index contributed by atoms with van der Waals surface area (Å²) in [6, 6.07) is 0. The van der Waals surface area contributed by atoms with Gasteiger partial charge in [-0.2, -0.15) is 0 Å². The third kappa shape index (κ3) is 9.49. The number of hydrogen-bond donors (Lipinski definition) is 13. The summed E-state index contributed by atoms with van der Waals surface area (Å²) in [6.45, 7) is 7.02. The average molecular weight is 1050 g/mol. The molecule has 0 aromatic heterocycles. The van der Waals surface area contributed by atoms with Gasteiger partial charge in [0.1, 0.15) is 91.6 Å². The second-order valence-corrected chi connectivity index (χ2v) is 24.0. The van der Waals surface area contributed by atoms with E-state index in [1.807, 2.05) is 0 Å². The summed E-state index contributed by atoms with van der Waals surface area (Å²) < 4.78 is 61.1. The summed E-state index contributed by atoms with van der Waals surface area (Å²) in [6.07, 6.45) is -27.2. The van der Waals surface area contributed by atoms with E-state index in [4.69, 9.17) is 47.4 Å². The van der Waals surface area contributed by atoms with Crippen molar-refractivity contribution in [3.05, 3.63) is 0 Å². The fourth-order valence-electron chi connectivity index (χ4n) is 15.9. The zero-order valence-corrected chi connectivity index (χ0v) is 42.0. The van der Waals surface area contributed by atoms with E-state index in [2.05, 4.69) is 27.7 Å². The molecule has 10 aliphatic rings. The van der Waals surface area contributed by atoms with Crippen molar-refractivity contribution in [2.45, 2.75) is 226 Å². The molecule has 23 heteroatoms. The molecule has 10 fully saturated rings. The van der Waals surface area contributed by atoms with Crippen LogP contribution < -0.4 is 0 Å². The molecule has 0 bridgehead atoms. The van der Waals surface area contributed by atoms with Crippen LogP contribution in [0.1, 0.15) is 85.5 Å². The van der Waals surface area contributed by atoms with E-state index in [1.54, 1.807) is 0 Å². The highest BCUT2D eigenvalue weighted by atomic mass is 16.8. The Kier molecular flexibility index (Phi) is 16.1. The van der Waals surface area contributed by atoms with Crippen molar-refractivity contribution < 1.29 is 114 Å². The Morgan fingerprint density at radius 1 is 0.521 bits per heavy atom. The van der Waals surface area contributed by atoms with Gasteiger partial charge >= 0.3 is 0 Å². The topological polar surface area (TPSA) is 355 Å². The van der Waals surface area contributed by atoms with Gasteiger partial charge < -0.3 is 114 Å². The molecule has 10 rings (SSSR count). The Labute approximate surface area is 424 Å². The Morgan fingerprint density at radius 2 is 1.15 bits per heavy atom. The van der Waals surface area contributed by atoms with E-state index in [0.29, 0.717) is 48.3 Å². The average Bonchev–Trinajstić information content (AvgIpc) is 3.82. The maximum absolute atomic E-state index is 12.0. The van der Waals surface area contributed by atoms with Crippen molar-refractivity contribution >= 4 is 0 Å². The molecular formula is C50H82O23. The summed E-state index contributed by atoms with van der Waals surface area (Å²) in [7, 11) is 0. The first-order valence-corrected chi connectivity index (χ1v) is 26.8. The van der Waals surface area contributed by atoms with Crippen LogP contribution in [0, 0.1) is 52.3 Å². The first-order valence-electron chi connectivity index (χ1n) is 26.8. The number of aliphatic hydroxyl groups is 13. The molecule has 420 valence electrons. The van der Waals surface area contributed by atoms with Crippen molar-refractivity contribution in [2.75, 3.05) is 33.0 Å². The predicted octanol–water partition coefficient (Wildman–Crippen LogP) is -3.30. The second kappa shape index (κ2) is 21.3. The molecule has 1 spiro atoms. The Balaban J connectivity index is 0.824. The van der Waals surface area contributed by atoms with Crippen molar-refractivity contribution in [3.8, 4) is 0 Å². The van der Waals surface area contributed by atoms with E-state index in [9.17, 15) is 66.4 Å². The quantitative estimate of drug-likeness (QED) is 0.0902. The number of rotatable bonds is 11. The van der Waals surface area contributed by atoms with Crippen molar-refractivity contribution in [1.82, 2.24) is 0 Å². The van der Waals surface area contributed by atoms with Crippen molar-refractivity contribution in [1.29, 1.82) is 0 Å². The highest BCUT2D eigenvalue weighted by Crippen LogP contribution is 2.71. The maximum Gasteiger partial charge on any atom is 0.187 e. The van der Waals surface area contributed by atoms with Gasteiger partial charge in [-0.05, 0) is 97.7 Å². The third-order valence-corrected chi connectivity index (χ3v) is 20.0. The van der Waals surface area contributed by atoms with Crippen molar-refractivity contribution in [3.63, 3.8) is 0 Å². The molecule has 0 aromatic carbocycles. The second-order valence-electron chi connectivity index (χ2n) is 24.0. The van der Waals surface area contributed by atoms with Crippen LogP contribution in [0.5, 0.6) is 0 Å². The largest absolute Gasteiger partial charge is 0.394 e. The van der Waals surface area contributed by atoms with E-state index >= 15 is 0 Å². The first-order chi connectivity index (χ1) is 34.7. The number of fused-ring (bicyclic) bond motifs is 7. The van der Waals surface area contributed by atoms with Crippen LogP contribution in [0.25, 0.3) is 0 Å². The van der Waals surface area contributed by atoms with Gasteiger partial charge in [0.15, 0.2) is 30.9 Å². The molecular weight excluding hydrogens is 969 g/mol. The van der Waals surface area contributed by atoms with Gasteiger partial charge in [0.2, 0.25) is 0 Å². The molecule has 0 aromatic rings. The molecule has 13 N–H and O–H groups in total. The lowest BCUT2D eigenvalue weighted by molar-refractivity contribution is -0.404. The zero-order valence-electron chi connectivity index (χ0n) is 42.0. The van der Waals surface area contributed by atoms with Crippen LogP contribution >= 0.6 is 0 Å². The molecule has 15 unspecified atom stereocenters. The summed E-state index contributed by atoms with van der Waals surface area (Å²) in [5, 5.41) is 141. The van der Waals surface area contributed by atoms with E-state index in [-0.39, 0.29) is 22.9 Å². The summed E-state index contributed by atoms with van der Waals surface area (Å²) in [5.74, 6) is 2.34. The molecule has 4 aliphatic carbocycles. The van der Waals surface area contributed by atoms with Gasteiger partial charge in [-0.1, -0.05) is 27.7 Å². The molecule has 6 heterocycles. The highest BCUT2D eigenvalue weighted by molar-refractivity contribution is 5.16. The van der Waals surface area contributed by atoms with Crippen LogP contribution in [-0.4, -0.2) is 240 Å². The SMILES string of the molecule is C[C@H]1CCC2(OC1)OC1CC3C4CC[C@H]5CC(O[C@@H]6OC(CO)[C@H](O[C@@H]7OC(CO)[C@@H](O)[C@H](O[C@@H]8OC[C@@H](O)[C@H](O)C8O)C7OC7OC(CO)C(O)[C@@H](O)[C@@H]7O)[C@H](O)C6O)[C@H](O)C[C@]5(C)C4CC[C@]3(C)C1[C@@H]2C. The van der Waals surface area contributed by atoms with Crippen LogP contribution in [0.3, 0.4) is 0 Å². The standard InChI is InChI=1S/C50H82O23/c1-19-7-10-50(65-17-19)20(2)32-28(73-50)12-24-22-6-5-21-11-27(25(54)13-49(21,4)23(22)8-9-48(24,32)3)66-45-40(63)37(60)41(31(16-53)69-45)70-47-43(72-46-39(62)36(59)34(57)29(14-51)67-46)42(35(58)30(15-52)68-47)71-44-38(61)33(56)26(55)18-64-44/h19-47,51-63H,5-18H2,1-4H3/t19-,20-,21-,22?,23?,24?,25+,26+,27?,28?,29?,30?,31?,32?,33-,34?,35+,36+,37+,38?,39-,40?,41-,42-,43?,44-,45+,46?,47-,48-,49-,50?/m0/s1. The number of ether oxygens (including phenoxy) is 10. The molecule has 32 atom stereocenters. The lowest BCUT2D eigenvalue weighted by Gasteiger charge is -2.62. The van der Waals surface area contributed by atoms with Crippen LogP contribution in [0.15, 0.2) is 0 Å². The highest BCUT2D eigenvalue weighted by Gasteiger charge is 2.70. The van der Waals surface area contributed by atoms with Crippen LogP contribution in [-0.2, 0) is 47.4 Å². The molecule has 6 saturated heterocycles. The lowest BCUT2D eigenvalue weighted by atomic mass is 9.44. The van der Waals surface area contributed by atoms with Gasteiger partial charge in [0.25, 0.3) is 0 Å². The Hall–Kier alpha value is -0.920. The van der Waals surface area contributed by atoms with Crippen molar-refractivity contribution in [2.24, 2.45) is 52.3 Å². The minimum atomic E-state index is -2.02. The fraction of sp³-hybridized carbons (Fsp3) is 1.00. The van der Waals surface area contributed by atoms with E-state index < -0.39 is 161 Å². The lowest BCUT2D eigenvalue weighted by Crippen LogP contribution is -2.68. The smallest absolute Gasteiger partial charge is 0.187 e. The van der Waals surface area contributed by atoms with Gasteiger partial charge in [-0.25, -0.2) is 0 Å². The Morgan fingerprint density at radius 3 is 1.85 bits per heavy atom. The van der Waals surface area contributed by atoms with Gasteiger partial charge in [-0.15, -0.1) is 0 Å². The molecule has 6 aliphatic heterocycles. The minimum Gasteiger partial charge on any atom is -0.394 e. The van der Waals surface area contributed by atoms with Crippen LogP contribution in [0.2, 0.25) is 0 Å². The molecule has 0 radical (unpaired) electrons. The summed E-state index contributed by atoms with van der Waals surface area (Å²) in [4.78, 5) is 0. The van der Waals surface area contributed by atoms with Gasteiger partial charge in [0, 0.05) is 12.3 Å². The zero-order chi connectivity index (χ0) is 52.2. The molecule has 73 heavy (non-hydrogen) atoms. The number of hydrogen-bond acceptors (Lipinski definition) is 23. The van der Waals surface area contributed by atoms with E-state index in [0.717, 1.165) is 51.6 Å². The minimum absolute atomic E-state index is 0.130. The predicted molar refractivity (Wildman–Crippen MR) is 244 cm³/mol. The van der Waals surface area contributed by atoms with Crippen LogP contribution in [0.4, 0.5) is 0 Å². The number of aliphatic hydroxyl groups excluding tert-OH is 13.